The second-order valence-electron chi connectivity index (χ2n) is 13.7. The predicted molar refractivity (Wildman–Crippen MR) is 181 cm³/mol. The lowest BCUT2D eigenvalue weighted by atomic mass is 9.90. The largest absolute Gasteiger partial charge is 0.490 e. The molecular formula is C38H39BrF2N2O4. The third-order valence-electron chi connectivity index (χ3n) is 10.3. The highest BCUT2D eigenvalue weighted by Crippen LogP contribution is 2.42. The molecule has 47 heavy (non-hydrogen) atoms. The highest BCUT2D eigenvalue weighted by atomic mass is 79.9. The number of nitrogens with one attached hydrogen (secondary N) is 1. The standard InChI is InChI=1S/C38H39BrF2N2O4/c1-22-16-30-13-14-31(17-22)43(30)37(46)35(38(40,41)28-11-8-25-20-29(39)12-9-24(25)19-28)42-36(45)34(44)27-7-6-26-21-33(15-10-23(26)18-27)47-32-4-2-3-5-32/h6-12,15,18-22,30-32,34-35,44H,2-5,13-14,16-17H2,1H3,(H,42,45). The predicted octanol–water partition coefficient (Wildman–Crippen LogP) is 8.18. The molecule has 1 aliphatic carbocycles. The smallest absolute Gasteiger partial charge is 0.302 e. The Morgan fingerprint density at radius 3 is 2.23 bits per heavy atom. The van der Waals surface area contributed by atoms with Gasteiger partial charge >= 0.3 is 5.92 Å². The SMILES string of the molecule is CC1CC2CCC(C1)N2C(=O)C(NC(=O)C(O)c1ccc2cc(OC3CCCC3)ccc2c1)C(F)(F)c1ccc2cc(Br)ccc2c1. The van der Waals surface area contributed by atoms with E-state index < -0.39 is 29.9 Å². The van der Waals surface area contributed by atoms with Crippen LogP contribution in [-0.4, -0.2) is 46.1 Å². The van der Waals surface area contributed by atoms with Crippen LogP contribution in [0.3, 0.4) is 0 Å². The molecule has 4 aromatic carbocycles. The number of amides is 2. The Balaban J connectivity index is 1.17. The van der Waals surface area contributed by atoms with Gasteiger partial charge in [-0.3, -0.25) is 9.59 Å². The van der Waals surface area contributed by atoms with E-state index in [2.05, 4.69) is 28.2 Å². The van der Waals surface area contributed by atoms with Crippen LogP contribution in [0.1, 0.15) is 75.5 Å². The van der Waals surface area contributed by atoms with Crippen molar-refractivity contribution in [2.45, 2.75) is 94.5 Å². The number of carbonyl (C=O) groups is 2. The van der Waals surface area contributed by atoms with Gasteiger partial charge in [0.15, 0.2) is 12.1 Å². The molecule has 2 aliphatic heterocycles. The summed E-state index contributed by atoms with van der Waals surface area (Å²) in [5.41, 5.74) is -0.128. The molecule has 2 saturated heterocycles. The number of aliphatic hydroxyl groups excluding tert-OH is 1. The Bertz CT molecular complexity index is 1810. The van der Waals surface area contributed by atoms with Crippen molar-refractivity contribution in [3.63, 3.8) is 0 Å². The van der Waals surface area contributed by atoms with E-state index in [1.165, 1.54) is 25.0 Å². The monoisotopic (exact) mass is 704 g/mol. The van der Waals surface area contributed by atoms with Crippen LogP contribution >= 0.6 is 15.9 Å². The van der Waals surface area contributed by atoms with Gasteiger partial charge in [-0.05, 0) is 121 Å². The summed E-state index contributed by atoms with van der Waals surface area (Å²) in [7, 11) is 0. The molecule has 2 amide bonds. The van der Waals surface area contributed by atoms with Crippen LogP contribution < -0.4 is 10.1 Å². The van der Waals surface area contributed by atoms with Gasteiger partial charge in [0.1, 0.15) is 5.75 Å². The fourth-order valence-electron chi connectivity index (χ4n) is 7.91. The number of piperidine rings is 1. The lowest BCUT2D eigenvalue weighted by Crippen LogP contribution is -2.60. The van der Waals surface area contributed by atoms with Crippen LogP contribution in [0.2, 0.25) is 0 Å². The number of benzene rings is 4. The highest BCUT2D eigenvalue weighted by Gasteiger charge is 2.53. The summed E-state index contributed by atoms with van der Waals surface area (Å²) in [5.74, 6) is -4.45. The molecule has 0 radical (unpaired) electrons. The summed E-state index contributed by atoms with van der Waals surface area (Å²) < 4.78 is 40.2. The van der Waals surface area contributed by atoms with Gasteiger partial charge in [0, 0.05) is 22.1 Å². The number of hydrogen-bond acceptors (Lipinski definition) is 4. The topological polar surface area (TPSA) is 78.9 Å². The molecule has 0 aromatic heterocycles. The summed E-state index contributed by atoms with van der Waals surface area (Å²) in [6.07, 6.45) is 5.86. The molecule has 2 bridgehead atoms. The van der Waals surface area contributed by atoms with E-state index >= 15 is 8.78 Å². The number of nitrogens with zero attached hydrogens (tertiary/aromatic N) is 1. The molecule has 7 rings (SSSR count). The number of fused-ring (bicyclic) bond motifs is 4. The molecule has 9 heteroatoms. The number of aliphatic hydroxyl groups is 1. The maximum absolute atomic E-state index is 16.6. The minimum atomic E-state index is -3.75. The van der Waals surface area contributed by atoms with E-state index in [1.54, 1.807) is 41.3 Å². The van der Waals surface area contributed by atoms with E-state index in [-0.39, 0.29) is 29.3 Å². The van der Waals surface area contributed by atoms with Gasteiger partial charge in [-0.2, -0.15) is 8.78 Å². The molecule has 4 unspecified atom stereocenters. The van der Waals surface area contributed by atoms with Crippen LogP contribution in [-0.2, 0) is 15.5 Å². The minimum absolute atomic E-state index is 0.145. The van der Waals surface area contributed by atoms with Gasteiger partial charge in [0.05, 0.1) is 6.10 Å². The zero-order valence-corrected chi connectivity index (χ0v) is 27.9. The lowest BCUT2D eigenvalue weighted by molar-refractivity contribution is -0.155. The van der Waals surface area contributed by atoms with Gasteiger partial charge in [-0.1, -0.05) is 59.3 Å². The number of halogens is 3. The van der Waals surface area contributed by atoms with Crippen molar-refractivity contribution in [2.24, 2.45) is 5.92 Å². The molecule has 246 valence electrons. The van der Waals surface area contributed by atoms with Crippen LogP contribution in [0.4, 0.5) is 8.78 Å². The zero-order valence-electron chi connectivity index (χ0n) is 26.3. The zero-order chi connectivity index (χ0) is 32.9. The van der Waals surface area contributed by atoms with Crippen LogP contribution in [0.15, 0.2) is 77.3 Å². The number of hydrogen-bond donors (Lipinski definition) is 2. The molecule has 3 aliphatic rings. The van der Waals surface area contributed by atoms with Crippen molar-refractivity contribution in [3.05, 3.63) is 88.4 Å². The number of alkyl halides is 2. The van der Waals surface area contributed by atoms with Gasteiger partial charge in [-0.25, -0.2) is 0 Å². The Morgan fingerprint density at radius 1 is 0.872 bits per heavy atom. The van der Waals surface area contributed by atoms with E-state index in [0.29, 0.717) is 11.3 Å². The van der Waals surface area contributed by atoms with Crippen molar-refractivity contribution >= 4 is 49.3 Å². The quantitative estimate of drug-likeness (QED) is 0.194. The third kappa shape index (κ3) is 6.36. The highest BCUT2D eigenvalue weighted by molar-refractivity contribution is 9.10. The first-order chi connectivity index (χ1) is 22.6. The van der Waals surface area contributed by atoms with E-state index in [1.807, 2.05) is 24.3 Å². The van der Waals surface area contributed by atoms with Crippen LogP contribution in [0, 0.1) is 5.92 Å². The molecule has 2 N–H and O–H groups in total. The molecule has 4 atom stereocenters. The Labute approximate surface area is 281 Å². The molecule has 0 spiro atoms. The normalized spacial score (nSPS) is 22.8. The van der Waals surface area contributed by atoms with Gasteiger partial charge in [0.2, 0.25) is 0 Å². The first-order valence-corrected chi connectivity index (χ1v) is 17.4. The third-order valence-corrected chi connectivity index (χ3v) is 10.8. The Hall–Kier alpha value is -3.56. The lowest BCUT2D eigenvalue weighted by Gasteiger charge is -2.41. The average molecular weight is 706 g/mol. The Morgan fingerprint density at radius 2 is 1.49 bits per heavy atom. The van der Waals surface area contributed by atoms with Gasteiger partial charge in [0.25, 0.3) is 11.8 Å². The maximum atomic E-state index is 16.6. The molecule has 1 saturated carbocycles. The fraction of sp³-hybridized carbons (Fsp3) is 0.421. The first-order valence-electron chi connectivity index (χ1n) is 16.7. The molecular weight excluding hydrogens is 666 g/mol. The molecule has 2 heterocycles. The van der Waals surface area contributed by atoms with Gasteiger partial charge in [-0.15, -0.1) is 0 Å². The first kappa shape index (κ1) is 32.0. The summed E-state index contributed by atoms with van der Waals surface area (Å²) in [6, 6.07) is 17.8. The second-order valence-corrected chi connectivity index (χ2v) is 14.6. The van der Waals surface area contributed by atoms with E-state index in [4.69, 9.17) is 4.74 Å². The number of ether oxygens (including phenoxy) is 1. The molecule has 6 nitrogen and oxygen atoms in total. The summed E-state index contributed by atoms with van der Waals surface area (Å²) in [5, 5.41) is 16.5. The Kier molecular flexibility index (Phi) is 8.72. The van der Waals surface area contributed by atoms with Crippen molar-refractivity contribution in [1.29, 1.82) is 0 Å². The summed E-state index contributed by atoms with van der Waals surface area (Å²) >= 11 is 3.41. The fourth-order valence-corrected chi connectivity index (χ4v) is 8.29. The summed E-state index contributed by atoms with van der Waals surface area (Å²) in [4.78, 5) is 29.3. The van der Waals surface area contributed by atoms with Crippen molar-refractivity contribution in [3.8, 4) is 5.75 Å². The molecule has 3 fully saturated rings. The van der Waals surface area contributed by atoms with Crippen LogP contribution in [0.25, 0.3) is 21.5 Å². The minimum Gasteiger partial charge on any atom is -0.490 e. The van der Waals surface area contributed by atoms with Gasteiger partial charge < -0.3 is 20.1 Å². The number of carbonyl (C=O) groups excluding carboxylic acids is 2. The summed E-state index contributed by atoms with van der Waals surface area (Å²) in [6.45, 7) is 2.12. The van der Waals surface area contributed by atoms with E-state index in [9.17, 15) is 14.7 Å². The number of rotatable bonds is 8. The van der Waals surface area contributed by atoms with Crippen molar-refractivity contribution in [1.82, 2.24) is 10.2 Å². The molecule has 4 aromatic rings. The average Bonchev–Trinajstić information content (AvgIpc) is 3.67. The maximum Gasteiger partial charge on any atom is 0.302 e. The van der Waals surface area contributed by atoms with E-state index in [0.717, 1.165) is 64.9 Å². The second kappa shape index (κ2) is 12.8. The van der Waals surface area contributed by atoms with Crippen molar-refractivity contribution in [2.75, 3.05) is 0 Å². The van der Waals surface area contributed by atoms with Crippen LogP contribution in [0.5, 0.6) is 5.75 Å². The van der Waals surface area contributed by atoms with Crippen molar-refractivity contribution < 1.29 is 28.2 Å².